The summed E-state index contributed by atoms with van der Waals surface area (Å²) in [5, 5.41) is 21.3. The minimum absolute atomic E-state index is 0.0330. The molecule has 6 rings (SSSR count). The maximum Gasteiger partial charge on any atom is 0.227 e. The topological polar surface area (TPSA) is 140 Å². The van der Waals surface area contributed by atoms with Crippen LogP contribution in [-0.2, 0) is 15.2 Å². The van der Waals surface area contributed by atoms with Gasteiger partial charge in [-0.15, -0.1) is 0 Å². The highest BCUT2D eigenvalue weighted by Gasteiger charge is 2.33. The number of thioether (sulfide) groups is 1. The van der Waals surface area contributed by atoms with Crippen molar-refractivity contribution < 1.29 is 18.6 Å². The summed E-state index contributed by atoms with van der Waals surface area (Å²) < 4.78 is 23.6. The fourth-order valence-corrected chi connectivity index (χ4v) is 6.11. The van der Waals surface area contributed by atoms with E-state index in [9.17, 15) is 10.5 Å². The molecule has 0 unspecified atom stereocenters. The summed E-state index contributed by atoms with van der Waals surface area (Å²) in [6.07, 6.45) is -0.181. The molecule has 230 valence electrons. The standard InChI is InChI=1S/C35H28ClN5O4S/c1-35(2)43-19-26(45-35)18-42-25-14-10-21(11-15-25)30-27(16-37)32(39)41-34(28(30)17-38)46-20-29-31(22-6-4-3-5-7-22)44-33(40-29)23-8-12-24(36)13-9-23/h3-15,26H,18-20H2,1-2H3,(H2,39,41)/t26-/m1/s1. The first-order valence-corrected chi connectivity index (χ1v) is 15.7. The van der Waals surface area contributed by atoms with Gasteiger partial charge in [-0.3, -0.25) is 0 Å². The lowest BCUT2D eigenvalue weighted by molar-refractivity contribution is -0.141. The Bertz CT molecular complexity index is 1950. The zero-order valence-corrected chi connectivity index (χ0v) is 26.6. The van der Waals surface area contributed by atoms with Gasteiger partial charge in [0, 0.05) is 27.5 Å². The molecule has 0 spiro atoms. The van der Waals surface area contributed by atoms with E-state index in [-0.39, 0.29) is 23.0 Å². The third-order valence-electron chi connectivity index (χ3n) is 7.23. The normalized spacial score (nSPS) is 15.3. The average Bonchev–Trinajstić information content (AvgIpc) is 3.66. The number of oxazole rings is 1. The number of aromatic nitrogens is 2. The molecule has 0 radical (unpaired) electrons. The van der Waals surface area contributed by atoms with E-state index >= 15 is 0 Å². The number of nitriles is 2. The quantitative estimate of drug-likeness (QED) is 0.157. The van der Waals surface area contributed by atoms with E-state index < -0.39 is 5.79 Å². The van der Waals surface area contributed by atoms with E-state index in [0.29, 0.717) is 63.2 Å². The maximum atomic E-state index is 10.3. The molecule has 1 aliphatic heterocycles. The molecule has 46 heavy (non-hydrogen) atoms. The number of hydrogen-bond donors (Lipinski definition) is 1. The first-order valence-electron chi connectivity index (χ1n) is 14.4. The van der Waals surface area contributed by atoms with Crippen LogP contribution in [0.2, 0.25) is 5.02 Å². The van der Waals surface area contributed by atoms with E-state index in [2.05, 4.69) is 17.1 Å². The molecule has 3 heterocycles. The maximum absolute atomic E-state index is 10.3. The number of benzene rings is 3. The second-order valence-electron chi connectivity index (χ2n) is 10.9. The van der Waals surface area contributed by atoms with Crippen molar-refractivity contribution in [2.24, 2.45) is 0 Å². The summed E-state index contributed by atoms with van der Waals surface area (Å²) in [5.74, 6) is 1.38. The fourth-order valence-electron chi connectivity index (χ4n) is 5.06. The fraction of sp³-hybridized carbons (Fsp3) is 0.200. The Labute approximate surface area is 275 Å². The Kier molecular flexibility index (Phi) is 8.98. The van der Waals surface area contributed by atoms with Crippen LogP contribution in [0.15, 0.2) is 88.3 Å². The van der Waals surface area contributed by atoms with Crippen molar-refractivity contribution in [2.75, 3.05) is 18.9 Å². The Morgan fingerprint density at radius 1 is 0.935 bits per heavy atom. The van der Waals surface area contributed by atoms with Crippen LogP contribution < -0.4 is 10.5 Å². The van der Waals surface area contributed by atoms with E-state index in [1.807, 2.05) is 56.3 Å². The van der Waals surface area contributed by atoms with Gasteiger partial charge in [0.1, 0.15) is 47.0 Å². The van der Waals surface area contributed by atoms with E-state index in [4.69, 9.17) is 40.9 Å². The molecule has 0 aliphatic carbocycles. The van der Waals surface area contributed by atoms with Crippen LogP contribution in [-0.4, -0.2) is 35.1 Å². The molecule has 1 fully saturated rings. The lowest BCUT2D eigenvalue weighted by Gasteiger charge is -2.17. The number of rotatable bonds is 9. The monoisotopic (exact) mass is 649 g/mol. The Balaban J connectivity index is 1.29. The average molecular weight is 650 g/mol. The molecule has 1 atom stereocenters. The zero-order valence-electron chi connectivity index (χ0n) is 25.0. The minimum atomic E-state index is -0.633. The molecule has 1 aliphatic rings. The Hall–Kier alpha value is -4.84. The molecule has 1 saturated heterocycles. The van der Waals surface area contributed by atoms with Crippen LogP contribution in [0, 0.1) is 22.7 Å². The molecule has 5 aromatic rings. The molecule has 0 saturated carbocycles. The van der Waals surface area contributed by atoms with Crippen LogP contribution in [0.4, 0.5) is 5.82 Å². The number of nitrogens with two attached hydrogens (primary N) is 1. The smallest absolute Gasteiger partial charge is 0.227 e. The second-order valence-corrected chi connectivity index (χ2v) is 12.3. The van der Waals surface area contributed by atoms with Crippen molar-refractivity contribution in [3.8, 4) is 51.8 Å². The first kappa shape index (κ1) is 31.2. The van der Waals surface area contributed by atoms with Crippen molar-refractivity contribution >= 4 is 29.2 Å². The number of halogens is 1. The highest BCUT2D eigenvalue weighted by Crippen LogP contribution is 2.39. The van der Waals surface area contributed by atoms with Gasteiger partial charge in [0.25, 0.3) is 0 Å². The number of ether oxygens (including phenoxy) is 3. The van der Waals surface area contributed by atoms with Crippen LogP contribution in [0.5, 0.6) is 5.75 Å². The summed E-state index contributed by atoms with van der Waals surface area (Å²) in [6.45, 7) is 4.50. The predicted octanol–water partition coefficient (Wildman–Crippen LogP) is 7.87. The van der Waals surface area contributed by atoms with Gasteiger partial charge in [0.2, 0.25) is 5.89 Å². The van der Waals surface area contributed by atoms with E-state index in [0.717, 1.165) is 11.1 Å². The Morgan fingerprint density at radius 2 is 1.63 bits per heavy atom. The summed E-state index contributed by atoms with van der Waals surface area (Å²) in [7, 11) is 0. The molecular formula is C35H28ClN5O4S. The van der Waals surface area contributed by atoms with Gasteiger partial charge in [-0.25, -0.2) is 9.97 Å². The van der Waals surface area contributed by atoms with Gasteiger partial charge >= 0.3 is 0 Å². The van der Waals surface area contributed by atoms with Crippen molar-refractivity contribution in [3.05, 3.63) is 101 Å². The van der Waals surface area contributed by atoms with Crippen LogP contribution in [0.25, 0.3) is 33.9 Å². The first-order chi connectivity index (χ1) is 22.2. The van der Waals surface area contributed by atoms with Gasteiger partial charge in [0.05, 0.1) is 17.9 Å². The van der Waals surface area contributed by atoms with Crippen molar-refractivity contribution in [1.29, 1.82) is 10.5 Å². The minimum Gasteiger partial charge on any atom is -0.491 e. The van der Waals surface area contributed by atoms with Crippen molar-refractivity contribution in [2.45, 2.75) is 36.5 Å². The van der Waals surface area contributed by atoms with E-state index in [1.165, 1.54) is 11.8 Å². The van der Waals surface area contributed by atoms with Crippen molar-refractivity contribution in [3.63, 3.8) is 0 Å². The second kappa shape index (κ2) is 13.3. The summed E-state index contributed by atoms with van der Waals surface area (Å²) >= 11 is 7.39. The predicted molar refractivity (Wildman–Crippen MR) is 176 cm³/mol. The van der Waals surface area contributed by atoms with Crippen LogP contribution >= 0.6 is 23.4 Å². The van der Waals surface area contributed by atoms with Gasteiger partial charge < -0.3 is 24.4 Å². The number of pyridine rings is 1. The number of nitrogens with zero attached hydrogens (tertiary/aromatic N) is 4. The Morgan fingerprint density at radius 3 is 2.28 bits per heavy atom. The third-order valence-corrected chi connectivity index (χ3v) is 8.47. The number of nitrogen functional groups attached to an aromatic ring is 1. The molecule has 0 bridgehead atoms. The number of anilines is 1. The molecule has 3 aromatic carbocycles. The van der Waals surface area contributed by atoms with Crippen LogP contribution in [0.1, 0.15) is 30.7 Å². The third kappa shape index (κ3) is 6.71. The molecular weight excluding hydrogens is 622 g/mol. The van der Waals surface area contributed by atoms with Crippen molar-refractivity contribution in [1.82, 2.24) is 9.97 Å². The molecule has 9 nitrogen and oxygen atoms in total. The molecule has 11 heteroatoms. The van der Waals surface area contributed by atoms with Gasteiger partial charge in [-0.2, -0.15) is 10.5 Å². The highest BCUT2D eigenvalue weighted by molar-refractivity contribution is 7.98. The highest BCUT2D eigenvalue weighted by atomic mass is 35.5. The summed E-state index contributed by atoms with van der Waals surface area (Å²) in [5.41, 5.74) is 10.0. The lowest BCUT2D eigenvalue weighted by atomic mass is 9.97. The lowest BCUT2D eigenvalue weighted by Crippen LogP contribution is -2.25. The molecule has 2 aromatic heterocycles. The summed E-state index contributed by atoms with van der Waals surface area (Å²) in [6, 6.07) is 28.4. The number of hydrogen-bond acceptors (Lipinski definition) is 10. The molecule has 0 amide bonds. The zero-order chi connectivity index (χ0) is 32.3. The largest absolute Gasteiger partial charge is 0.491 e. The molecule has 2 N–H and O–H groups in total. The summed E-state index contributed by atoms with van der Waals surface area (Å²) in [4.78, 5) is 9.27. The van der Waals surface area contributed by atoms with Gasteiger partial charge in [0.15, 0.2) is 11.5 Å². The SMILES string of the molecule is CC1(C)OC[C@@H](COc2ccc(-c3c(C#N)c(N)nc(SCc4nc(-c5ccc(Cl)cc5)oc4-c4ccccc4)c3C#N)cc2)O1. The van der Waals surface area contributed by atoms with Crippen LogP contribution in [0.3, 0.4) is 0 Å². The van der Waals surface area contributed by atoms with Gasteiger partial charge in [-0.1, -0.05) is 65.8 Å². The van der Waals surface area contributed by atoms with Gasteiger partial charge in [-0.05, 0) is 55.8 Å². The van der Waals surface area contributed by atoms with E-state index in [1.54, 1.807) is 36.4 Å².